The minimum atomic E-state index is -0.825. The number of aliphatic carboxylic acids is 1. The van der Waals surface area contributed by atoms with Gasteiger partial charge in [0.1, 0.15) is 0 Å². The van der Waals surface area contributed by atoms with Crippen LogP contribution in [0, 0.1) is 17.2 Å². The van der Waals surface area contributed by atoms with Gasteiger partial charge in [-0.1, -0.05) is 6.92 Å². The molecule has 0 radical (unpaired) electrons. The number of nitrogens with zero attached hydrogens (tertiary/aromatic N) is 2. The van der Waals surface area contributed by atoms with Gasteiger partial charge in [-0.2, -0.15) is 5.26 Å². The Morgan fingerprint density at radius 1 is 1.53 bits per heavy atom. The molecule has 0 rings (SSSR count). The van der Waals surface area contributed by atoms with E-state index in [0.717, 1.165) is 0 Å². The minimum Gasteiger partial charge on any atom is -0.481 e. The van der Waals surface area contributed by atoms with Crippen LogP contribution in [-0.2, 0) is 4.79 Å². The Balaban J connectivity index is 3.75. The first-order valence-corrected chi connectivity index (χ1v) is 5.55. The summed E-state index contributed by atoms with van der Waals surface area (Å²) in [6.45, 7) is 2.73. The molecule has 0 aliphatic heterocycles. The van der Waals surface area contributed by atoms with Gasteiger partial charge in [-0.25, -0.2) is 4.79 Å². The number of hydrogen-bond acceptors (Lipinski definition) is 3. The van der Waals surface area contributed by atoms with Crippen molar-refractivity contribution in [2.75, 3.05) is 20.1 Å². The molecule has 0 aromatic heterocycles. The normalized spacial score (nSPS) is 11.4. The van der Waals surface area contributed by atoms with Crippen LogP contribution in [0.25, 0.3) is 0 Å². The number of hydrogen-bond donors (Lipinski definition) is 2. The number of carbonyl (C=O) groups is 2. The van der Waals surface area contributed by atoms with Gasteiger partial charge >= 0.3 is 12.0 Å². The third-order valence-electron chi connectivity index (χ3n) is 2.36. The van der Waals surface area contributed by atoms with Crippen molar-refractivity contribution in [1.29, 1.82) is 5.26 Å². The van der Waals surface area contributed by atoms with Crippen molar-refractivity contribution in [3.8, 4) is 6.07 Å². The van der Waals surface area contributed by atoms with Crippen LogP contribution in [0.4, 0.5) is 4.79 Å². The van der Waals surface area contributed by atoms with Crippen LogP contribution < -0.4 is 5.32 Å². The Kier molecular flexibility index (Phi) is 7.52. The van der Waals surface area contributed by atoms with Gasteiger partial charge in [-0.15, -0.1) is 0 Å². The van der Waals surface area contributed by atoms with Crippen molar-refractivity contribution in [2.24, 2.45) is 5.92 Å². The molecule has 2 N–H and O–H groups in total. The third-order valence-corrected chi connectivity index (χ3v) is 2.36. The van der Waals surface area contributed by atoms with Crippen LogP contribution >= 0.6 is 0 Å². The first-order chi connectivity index (χ1) is 7.97. The van der Waals surface area contributed by atoms with Gasteiger partial charge in [0.05, 0.1) is 12.5 Å². The van der Waals surface area contributed by atoms with E-state index in [1.165, 1.54) is 4.90 Å². The lowest BCUT2D eigenvalue weighted by molar-refractivity contribution is -0.137. The first-order valence-electron chi connectivity index (χ1n) is 5.55. The number of urea groups is 1. The number of rotatable bonds is 7. The van der Waals surface area contributed by atoms with Gasteiger partial charge in [0.2, 0.25) is 0 Å². The van der Waals surface area contributed by atoms with Crippen molar-refractivity contribution < 1.29 is 14.7 Å². The molecule has 6 heteroatoms. The first kappa shape index (κ1) is 15.2. The largest absolute Gasteiger partial charge is 0.481 e. The highest BCUT2D eigenvalue weighted by atomic mass is 16.4. The summed E-state index contributed by atoms with van der Waals surface area (Å²) in [5.41, 5.74) is 0. The van der Waals surface area contributed by atoms with Gasteiger partial charge in [0, 0.05) is 26.6 Å². The molecule has 2 amide bonds. The van der Waals surface area contributed by atoms with E-state index in [4.69, 9.17) is 10.4 Å². The number of carbonyl (C=O) groups excluding carboxylic acids is 1. The van der Waals surface area contributed by atoms with Gasteiger partial charge < -0.3 is 15.3 Å². The second-order valence-electron chi connectivity index (χ2n) is 4.05. The molecule has 0 saturated heterocycles. The quantitative estimate of drug-likeness (QED) is 0.696. The molecular weight excluding hydrogens is 222 g/mol. The summed E-state index contributed by atoms with van der Waals surface area (Å²) in [6, 6.07) is 1.73. The summed E-state index contributed by atoms with van der Waals surface area (Å²) in [5, 5.41) is 19.6. The molecule has 1 unspecified atom stereocenters. The number of amides is 2. The molecule has 0 saturated carbocycles. The smallest absolute Gasteiger partial charge is 0.317 e. The zero-order valence-corrected chi connectivity index (χ0v) is 10.3. The zero-order valence-electron chi connectivity index (χ0n) is 10.3. The number of carboxylic acids is 1. The highest BCUT2D eigenvalue weighted by molar-refractivity contribution is 5.73. The topological polar surface area (TPSA) is 93.4 Å². The van der Waals surface area contributed by atoms with Crippen molar-refractivity contribution in [2.45, 2.75) is 26.2 Å². The van der Waals surface area contributed by atoms with E-state index in [1.54, 1.807) is 7.05 Å². The Morgan fingerprint density at radius 2 is 2.18 bits per heavy atom. The van der Waals surface area contributed by atoms with Gasteiger partial charge in [0.25, 0.3) is 0 Å². The van der Waals surface area contributed by atoms with Gasteiger partial charge in [-0.05, 0) is 12.3 Å². The second kappa shape index (κ2) is 8.39. The average molecular weight is 241 g/mol. The van der Waals surface area contributed by atoms with E-state index >= 15 is 0 Å². The van der Waals surface area contributed by atoms with Crippen LogP contribution in [0.3, 0.4) is 0 Å². The Morgan fingerprint density at radius 3 is 2.71 bits per heavy atom. The lowest BCUT2D eigenvalue weighted by atomic mass is 10.1. The molecule has 96 valence electrons. The van der Waals surface area contributed by atoms with Crippen molar-refractivity contribution in [1.82, 2.24) is 10.2 Å². The summed E-state index contributed by atoms with van der Waals surface area (Å²) in [4.78, 5) is 23.3. The molecule has 0 fully saturated rings. The van der Waals surface area contributed by atoms with E-state index in [1.807, 2.05) is 13.0 Å². The monoisotopic (exact) mass is 241 g/mol. The zero-order chi connectivity index (χ0) is 13.3. The van der Waals surface area contributed by atoms with Crippen LogP contribution in [0.1, 0.15) is 26.2 Å². The summed E-state index contributed by atoms with van der Waals surface area (Å²) in [7, 11) is 1.62. The maximum absolute atomic E-state index is 11.5. The fourth-order valence-corrected chi connectivity index (χ4v) is 1.19. The number of carboxylic acid groups (broad SMARTS) is 1. The SMILES string of the molecule is CC(CCC(=O)O)CNC(=O)N(C)CCC#N. The highest BCUT2D eigenvalue weighted by Gasteiger charge is 2.10. The van der Waals surface area contributed by atoms with E-state index in [0.29, 0.717) is 25.9 Å². The molecule has 1 atom stereocenters. The number of nitrogens with one attached hydrogen (secondary N) is 1. The minimum absolute atomic E-state index is 0.112. The molecule has 0 bridgehead atoms. The van der Waals surface area contributed by atoms with Crippen molar-refractivity contribution in [3.63, 3.8) is 0 Å². The summed E-state index contributed by atoms with van der Waals surface area (Å²) < 4.78 is 0. The summed E-state index contributed by atoms with van der Waals surface area (Å²) >= 11 is 0. The van der Waals surface area contributed by atoms with E-state index in [2.05, 4.69) is 5.32 Å². The predicted molar refractivity (Wildman–Crippen MR) is 62.3 cm³/mol. The van der Waals surface area contributed by atoms with Crippen LogP contribution in [0.2, 0.25) is 0 Å². The van der Waals surface area contributed by atoms with Gasteiger partial charge in [-0.3, -0.25) is 4.79 Å². The average Bonchev–Trinajstić information content (AvgIpc) is 2.30. The molecule has 0 heterocycles. The number of nitriles is 1. The lowest BCUT2D eigenvalue weighted by Crippen LogP contribution is -2.39. The third kappa shape index (κ3) is 8.08. The molecule has 0 spiro atoms. The highest BCUT2D eigenvalue weighted by Crippen LogP contribution is 2.03. The van der Waals surface area contributed by atoms with Crippen molar-refractivity contribution >= 4 is 12.0 Å². The fraction of sp³-hybridized carbons (Fsp3) is 0.727. The van der Waals surface area contributed by atoms with Crippen LogP contribution in [0.15, 0.2) is 0 Å². The molecular formula is C11H19N3O3. The lowest BCUT2D eigenvalue weighted by Gasteiger charge is -2.18. The molecule has 0 aromatic carbocycles. The Hall–Kier alpha value is -1.77. The molecule has 6 nitrogen and oxygen atoms in total. The summed E-state index contributed by atoms with van der Waals surface area (Å²) in [5.74, 6) is -0.700. The predicted octanol–water partition coefficient (Wildman–Crippen LogP) is 1.04. The van der Waals surface area contributed by atoms with E-state index < -0.39 is 5.97 Å². The van der Waals surface area contributed by atoms with E-state index in [-0.39, 0.29) is 18.4 Å². The van der Waals surface area contributed by atoms with Crippen molar-refractivity contribution in [3.05, 3.63) is 0 Å². The summed E-state index contributed by atoms with van der Waals surface area (Å²) in [6.07, 6.45) is 0.956. The molecule has 0 aromatic rings. The fourth-order valence-electron chi connectivity index (χ4n) is 1.19. The Bertz CT molecular complexity index is 299. The van der Waals surface area contributed by atoms with E-state index in [9.17, 15) is 9.59 Å². The van der Waals surface area contributed by atoms with Crippen LogP contribution in [0.5, 0.6) is 0 Å². The molecule has 0 aliphatic rings. The Labute approximate surface area is 101 Å². The second-order valence-corrected chi connectivity index (χ2v) is 4.05. The maximum atomic E-state index is 11.5. The van der Waals surface area contributed by atoms with Gasteiger partial charge in [0.15, 0.2) is 0 Å². The molecule has 17 heavy (non-hydrogen) atoms. The maximum Gasteiger partial charge on any atom is 0.317 e. The molecule has 0 aliphatic carbocycles. The standard InChI is InChI=1S/C11H19N3O3/c1-9(4-5-10(15)16)8-13-11(17)14(2)7-3-6-12/h9H,3-5,7-8H2,1-2H3,(H,13,17)(H,15,16). The van der Waals surface area contributed by atoms with Crippen LogP contribution in [-0.4, -0.2) is 42.1 Å².